The maximum atomic E-state index is 5.47. The van der Waals surface area contributed by atoms with Crippen LogP contribution in [0.15, 0.2) is 0 Å². The Morgan fingerprint density at radius 2 is 1.65 bits per heavy atom. The SMILES string of the molecule is C[CH]COCC(CCCCCCCCC)OC. The van der Waals surface area contributed by atoms with Gasteiger partial charge in [0.25, 0.3) is 0 Å². The third-order valence-electron chi connectivity index (χ3n) is 3.05. The topological polar surface area (TPSA) is 18.5 Å². The number of ether oxygens (including phenoxy) is 2. The van der Waals surface area contributed by atoms with Gasteiger partial charge in [-0.1, -0.05) is 58.8 Å². The Bertz CT molecular complexity index is 137. The Labute approximate surface area is 108 Å². The number of unbranched alkanes of at least 4 members (excludes halogenated alkanes) is 6. The van der Waals surface area contributed by atoms with Gasteiger partial charge in [-0.05, 0) is 12.8 Å². The highest BCUT2D eigenvalue weighted by Crippen LogP contribution is 2.11. The monoisotopic (exact) mass is 243 g/mol. The van der Waals surface area contributed by atoms with Crippen molar-refractivity contribution in [3.63, 3.8) is 0 Å². The number of rotatable bonds is 13. The van der Waals surface area contributed by atoms with Crippen LogP contribution in [0.25, 0.3) is 0 Å². The van der Waals surface area contributed by atoms with E-state index in [0.29, 0.717) is 0 Å². The van der Waals surface area contributed by atoms with Crippen LogP contribution in [0, 0.1) is 6.42 Å². The van der Waals surface area contributed by atoms with E-state index in [9.17, 15) is 0 Å². The first-order valence-electron chi connectivity index (χ1n) is 7.23. The maximum absolute atomic E-state index is 5.47. The number of hydrogen-bond acceptors (Lipinski definition) is 2. The molecule has 0 aliphatic carbocycles. The Morgan fingerprint density at radius 1 is 1.00 bits per heavy atom. The summed E-state index contributed by atoms with van der Waals surface area (Å²) in [6.45, 7) is 5.74. The van der Waals surface area contributed by atoms with E-state index in [0.717, 1.165) is 19.6 Å². The molecule has 0 aromatic carbocycles. The molecule has 2 heteroatoms. The summed E-state index contributed by atoms with van der Waals surface area (Å²) in [6, 6.07) is 0. The Kier molecular flexibility index (Phi) is 13.9. The average Bonchev–Trinajstić information content (AvgIpc) is 2.35. The lowest BCUT2D eigenvalue weighted by Crippen LogP contribution is -2.18. The molecule has 0 N–H and O–H groups in total. The maximum Gasteiger partial charge on any atom is 0.0804 e. The quantitative estimate of drug-likeness (QED) is 0.447. The highest BCUT2D eigenvalue weighted by molar-refractivity contribution is 4.59. The summed E-state index contributed by atoms with van der Waals surface area (Å²) in [7, 11) is 1.78. The van der Waals surface area contributed by atoms with Crippen LogP contribution >= 0.6 is 0 Å². The summed E-state index contributed by atoms with van der Waals surface area (Å²) in [6.07, 6.45) is 12.9. The molecule has 0 spiro atoms. The van der Waals surface area contributed by atoms with Crippen LogP contribution in [-0.2, 0) is 9.47 Å². The molecule has 0 rings (SSSR count). The normalized spacial score (nSPS) is 12.9. The third kappa shape index (κ3) is 12.2. The van der Waals surface area contributed by atoms with E-state index < -0.39 is 0 Å². The zero-order chi connectivity index (χ0) is 12.8. The molecular weight excluding hydrogens is 212 g/mol. The van der Waals surface area contributed by atoms with Crippen molar-refractivity contribution < 1.29 is 9.47 Å². The fraction of sp³-hybridized carbons (Fsp3) is 0.933. The van der Waals surface area contributed by atoms with Crippen LogP contribution in [0.2, 0.25) is 0 Å². The lowest BCUT2D eigenvalue weighted by molar-refractivity contribution is 0.00936. The minimum Gasteiger partial charge on any atom is -0.379 e. The van der Waals surface area contributed by atoms with Crippen molar-refractivity contribution in [3.05, 3.63) is 6.42 Å². The summed E-state index contributed by atoms with van der Waals surface area (Å²) in [5, 5.41) is 0. The molecule has 0 saturated heterocycles. The predicted molar refractivity (Wildman–Crippen MR) is 74.2 cm³/mol. The van der Waals surface area contributed by atoms with Crippen LogP contribution in [0.1, 0.15) is 65.2 Å². The molecule has 0 aliphatic heterocycles. The molecule has 0 aromatic rings. The van der Waals surface area contributed by atoms with Gasteiger partial charge in [0.2, 0.25) is 0 Å². The molecule has 17 heavy (non-hydrogen) atoms. The fourth-order valence-electron chi connectivity index (χ4n) is 1.92. The van der Waals surface area contributed by atoms with E-state index >= 15 is 0 Å². The Morgan fingerprint density at radius 3 is 2.24 bits per heavy atom. The second kappa shape index (κ2) is 14.0. The van der Waals surface area contributed by atoms with Crippen molar-refractivity contribution in [1.82, 2.24) is 0 Å². The summed E-state index contributed by atoms with van der Waals surface area (Å²) in [4.78, 5) is 0. The highest BCUT2D eigenvalue weighted by Gasteiger charge is 2.06. The smallest absolute Gasteiger partial charge is 0.0804 e. The standard InChI is InChI=1S/C15H31O2/c1-4-6-7-8-9-10-11-12-15(16-3)14-17-13-5-2/h5,15H,4,6-14H2,1-3H3. The summed E-state index contributed by atoms with van der Waals surface area (Å²) >= 11 is 0. The molecule has 1 atom stereocenters. The Balaban J connectivity index is 3.25. The van der Waals surface area contributed by atoms with Crippen molar-refractivity contribution in [2.24, 2.45) is 0 Å². The molecule has 1 radical (unpaired) electrons. The molecule has 2 nitrogen and oxygen atoms in total. The average molecular weight is 243 g/mol. The minimum absolute atomic E-state index is 0.283. The molecule has 1 unspecified atom stereocenters. The van der Waals surface area contributed by atoms with Gasteiger partial charge in [-0.15, -0.1) is 0 Å². The molecule has 0 aromatic heterocycles. The molecule has 0 fully saturated rings. The second-order valence-corrected chi connectivity index (χ2v) is 4.71. The largest absolute Gasteiger partial charge is 0.379 e. The zero-order valence-corrected chi connectivity index (χ0v) is 12.0. The number of hydrogen-bond donors (Lipinski definition) is 0. The molecule has 0 aliphatic rings. The van der Waals surface area contributed by atoms with Gasteiger partial charge in [-0.2, -0.15) is 0 Å². The van der Waals surface area contributed by atoms with Gasteiger partial charge in [-0.25, -0.2) is 0 Å². The van der Waals surface area contributed by atoms with Crippen molar-refractivity contribution in [2.45, 2.75) is 71.3 Å². The molecule has 0 amide bonds. The van der Waals surface area contributed by atoms with Gasteiger partial charge in [0.05, 0.1) is 12.7 Å². The number of methoxy groups -OCH3 is 1. The highest BCUT2D eigenvalue weighted by atomic mass is 16.5. The molecule has 103 valence electrons. The summed E-state index contributed by atoms with van der Waals surface area (Å²) < 4.78 is 10.9. The van der Waals surface area contributed by atoms with Crippen molar-refractivity contribution in [2.75, 3.05) is 20.3 Å². The molecule has 0 saturated carbocycles. The van der Waals surface area contributed by atoms with Crippen LogP contribution in [0.5, 0.6) is 0 Å². The van der Waals surface area contributed by atoms with Gasteiger partial charge in [0, 0.05) is 13.7 Å². The molecule has 0 heterocycles. The first-order valence-corrected chi connectivity index (χ1v) is 7.23. The van der Waals surface area contributed by atoms with E-state index in [1.54, 1.807) is 7.11 Å². The van der Waals surface area contributed by atoms with Crippen LogP contribution in [0.4, 0.5) is 0 Å². The van der Waals surface area contributed by atoms with Gasteiger partial charge < -0.3 is 9.47 Å². The second-order valence-electron chi connectivity index (χ2n) is 4.71. The van der Waals surface area contributed by atoms with Crippen LogP contribution in [0.3, 0.4) is 0 Å². The first-order chi connectivity index (χ1) is 8.35. The van der Waals surface area contributed by atoms with E-state index in [-0.39, 0.29) is 6.10 Å². The van der Waals surface area contributed by atoms with E-state index in [1.165, 1.54) is 44.9 Å². The van der Waals surface area contributed by atoms with E-state index in [2.05, 4.69) is 6.92 Å². The van der Waals surface area contributed by atoms with Crippen molar-refractivity contribution in [1.29, 1.82) is 0 Å². The van der Waals surface area contributed by atoms with Crippen LogP contribution in [-0.4, -0.2) is 26.4 Å². The van der Waals surface area contributed by atoms with E-state index in [1.807, 2.05) is 13.3 Å². The molecular formula is C15H31O2. The Hall–Kier alpha value is -0.0800. The van der Waals surface area contributed by atoms with Gasteiger partial charge in [0.15, 0.2) is 0 Å². The van der Waals surface area contributed by atoms with Gasteiger partial charge in [0.1, 0.15) is 0 Å². The summed E-state index contributed by atoms with van der Waals surface area (Å²) in [5.74, 6) is 0. The summed E-state index contributed by atoms with van der Waals surface area (Å²) in [5.41, 5.74) is 0. The third-order valence-corrected chi connectivity index (χ3v) is 3.05. The van der Waals surface area contributed by atoms with Gasteiger partial charge >= 0.3 is 0 Å². The predicted octanol–water partition coefficient (Wildman–Crippen LogP) is 4.38. The first kappa shape index (κ1) is 16.9. The zero-order valence-electron chi connectivity index (χ0n) is 12.0. The van der Waals surface area contributed by atoms with Gasteiger partial charge in [-0.3, -0.25) is 0 Å². The lowest BCUT2D eigenvalue weighted by atomic mass is 10.1. The van der Waals surface area contributed by atoms with Crippen molar-refractivity contribution in [3.8, 4) is 0 Å². The fourth-order valence-corrected chi connectivity index (χ4v) is 1.92. The van der Waals surface area contributed by atoms with Crippen LogP contribution < -0.4 is 0 Å². The minimum atomic E-state index is 0.283. The van der Waals surface area contributed by atoms with E-state index in [4.69, 9.17) is 9.47 Å². The lowest BCUT2D eigenvalue weighted by Gasteiger charge is -2.15. The molecule has 0 bridgehead atoms. The van der Waals surface area contributed by atoms with Crippen molar-refractivity contribution >= 4 is 0 Å².